The summed E-state index contributed by atoms with van der Waals surface area (Å²) < 4.78 is 0. The van der Waals surface area contributed by atoms with Crippen LogP contribution in [0.4, 0.5) is 5.82 Å². The maximum Gasteiger partial charge on any atom is 0.161 e. The van der Waals surface area contributed by atoms with Crippen molar-refractivity contribution in [1.29, 1.82) is 0 Å². The second-order valence-corrected chi connectivity index (χ2v) is 4.82. The smallest absolute Gasteiger partial charge is 0.161 e. The van der Waals surface area contributed by atoms with Gasteiger partial charge in [-0.05, 0) is 31.5 Å². The maximum absolute atomic E-state index is 4.63. The molecule has 0 amide bonds. The number of hydrogen-bond acceptors (Lipinski definition) is 5. The Morgan fingerprint density at radius 2 is 1.81 bits per heavy atom. The normalized spacial score (nSPS) is 10.8. The number of fused-ring (bicyclic) bond motifs is 1. The van der Waals surface area contributed by atoms with Gasteiger partial charge in [0.05, 0.1) is 11.0 Å². The van der Waals surface area contributed by atoms with Crippen LogP contribution in [-0.2, 0) is 6.42 Å². The predicted octanol–water partition coefficient (Wildman–Crippen LogP) is 3.00. The van der Waals surface area contributed by atoms with Crippen molar-refractivity contribution < 1.29 is 0 Å². The third kappa shape index (κ3) is 2.42. The van der Waals surface area contributed by atoms with Crippen molar-refractivity contribution in [1.82, 2.24) is 19.9 Å². The van der Waals surface area contributed by atoms with Crippen LogP contribution in [0.3, 0.4) is 0 Å². The first-order valence-corrected chi connectivity index (χ1v) is 6.99. The molecule has 0 spiro atoms. The first-order valence-electron chi connectivity index (χ1n) is 6.99. The Kier molecular flexibility index (Phi) is 3.48. The van der Waals surface area contributed by atoms with Crippen LogP contribution in [0.1, 0.15) is 18.2 Å². The molecule has 2 aromatic heterocycles. The average Bonchev–Trinajstić information content (AvgIpc) is 2.53. The van der Waals surface area contributed by atoms with Gasteiger partial charge in [-0.1, -0.05) is 6.92 Å². The zero-order valence-electron chi connectivity index (χ0n) is 12.4. The fourth-order valence-electron chi connectivity index (χ4n) is 2.46. The van der Waals surface area contributed by atoms with Crippen LogP contribution in [0, 0.1) is 6.92 Å². The molecule has 3 aromatic rings. The molecule has 0 unspecified atom stereocenters. The van der Waals surface area contributed by atoms with E-state index in [1.54, 1.807) is 12.4 Å². The number of rotatable bonds is 3. The van der Waals surface area contributed by atoms with E-state index in [0.29, 0.717) is 5.82 Å². The summed E-state index contributed by atoms with van der Waals surface area (Å²) in [6, 6.07) is 5.90. The van der Waals surface area contributed by atoms with Gasteiger partial charge in [-0.2, -0.15) is 0 Å². The molecule has 0 radical (unpaired) electrons. The van der Waals surface area contributed by atoms with Crippen molar-refractivity contribution in [3.8, 4) is 11.4 Å². The van der Waals surface area contributed by atoms with Gasteiger partial charge in [0.2, 0.25) is 0 Å². The van der Waals surface area contributed by atoms with Gasteiger partial charge >= 0.3 is 0 Å². The van der Waals surface area contributed by atoms with Gasteiger partial charge in [0.15, 0.2) is 5.82 Å². The predicted molar refractivity (Wildman–Crippen MR) is 84.2 cm³/mol. The van der Waals surface area contributed by atoms with E-state index in [2.05, 4.69) is 32.2 Å². The summed E-state index contributed by atoms with van der Waals surface area (Å²) >= 11 is 0. The molecule has 1 aromatic carbocycles. The Bertz CT molecular complexity index is 798. The zero-order valence-corrected chi connectivity index (χ0v) is 12.4. The molecule has 5 nitrogen and oxygen atoms in total. The van der Waals surface area contributed by atoms with Crippen molar-refractivity contribution in [3.05, 3.63) is 41.9 Å². The third-order valence-corrected chi connectivity index (χ3v) is 3.53. The van der Waals surface area contributed by atoms with Gasteiger partial charge in [-0.25, -0.2) is 9.97 Å². The van der Waals surface area contributed by atoms with E-state index < -0.39 is 0 Å². The molecule has 2 heterocycles. The summed E-state index contributed by atoms with van der Waals surface area (Å²) in [7, 11) is 1.89. The van der Waals surface area contributed by atoms with Crippen LogP contribution in [0.2, 0.25) is 0 Å². The molecule has 0 atom stereocenters. The molecule has 106 valence electrons. The quantitative estimate of drug-likeness (QED) is 0.798. The molecule has 5 heteroatoms. The van der Waals surface area contributed by atoms with Crippen LogP contribution in [0.25, 0.3) is 22.4 Å². The van der Waals surface area contributed by atoms with Crippen LogP contribution in [0.15, 0.2) is 30.6 Å². The van der Waals surface area contributed by atoms with E-state index in [-0.39, 0.29) is 0 Å². The number of nitrogens with one attached hydrogen (secondary N) is 1. The molecule has 1 N–H and O–H groups in total. The zero-order chi connectivity index (χ0) is 14.8. The first kappa shape index (κ1) is 13.4. The highest BCUT2D eigenvalue weighted by atomic mass is 15.0. The monoisotopic (exact) mass is 279 g/mol. The fraction of sp³-hybridized carbons (Fsp3) is 0.250. The molecule has 0 saturated heterocycles. The van der Waals surface area contributed by atoms with E-state index in [1.807, 2.05) is 32.2 Å². The Hall–Kier alpha value is -2.56. The van der Waals surface area contributed by atoms with Gasteiger partial charge in [0.1, 0.15) is 5.82 Å². The van der Waals surface area contributed by atoms with Gasteiger partial charge < -0.3 is 5.32 Å². The lowest BCUT2D eigenvalue weighted by molar-refractivity contribution is 1.00. The van der Waals surface area contributed by atoms with Crippen LogP contribution >= 0.6 is 0 Å². The Morgan fingerprint density at radius 3 is 2.52 bits per heavy atom. The standard InChI is InChI=1S/C16H17N5/c1-4-12-10(2)20-15(21-16(12)17-3)11-5-6-13-14(9-11)19-8-7-18-13/h5-9H,4H2,1-3H3,(H,17,20,21). The first-order chi connectivity index (χ1) is 10.2. The van der Waals surface area contributed by atoms with E-state index in [9.17, 15) is 0 Å². The second kappa shape index (κ2) is 5.44. The van der Waals surface area contributed by atoms with Crippen LogP contribution < -0.4 is 5.32 Å². The van der Waals surface area contributed by atoms with Gasteiger partial charge in [0, 0.05) is 36.3 Å². The summed E-state index contributed by atoms with van der Waals surface area (Å²) in [5.74, 6) is 1.60. The van der Waals surface area contributed by atoms with Gasteiger partial charge in [-0.3, -0.25) is 9.97 Å². The van der Waals surface area contributed by atoms with Gasteiger partial charge in [-0.15, -0.1) is 0 Å². The van der Waals surface area contributed by atoms with E-state index in [4.69, 9.17) is 0 Å². The Labute approximate surface area is 123 Å². The molecular weight excluding hydrogens is 262 g/mol. The number of aryl methyl sites for hydroxylation is 1. The van der Waals surface area contributed by atoms with Crippen molar-refractivity contribution in [3.63, 3.8) is 0 Å². The summed E-state index contributed by atoms with van der Waals surface area (Å²) in [4.78, 5) is 17.9. The molecule has 0 aliphatic carbocycles. The van der Waals surface area contributed by atoms with Crippen molar-refractivity contribution in [2.45, 2.75) is 20.3 Å². The molecule has 21 heavy (non-hydrogen) atoms. The van der Waals surface area contributed by atoms with E-state index in [0.717, 1.165) is 40.1 Å². The lowest BCUT2D eigenvalue weighted by Crippen LogP contribution is -2.05. The topological polar surface area (TPSA) is 63.6 Å². The third-order valence-electron chi connectivity index (χ3n) is 3.53. The molecular formula is C16H17N5. The van der Waals surface area contributed by atoms with Crippen molar-refractivity contribution in [2.24, 2.45) is 0 Å². The number of hydrogen-bond donors (Lipinski definition) is 1. The molecule has 0 aliphatic heterocycles. The van der Waals surface area contributed by atoms with Crippen LogP contribution in [-0.4, -0.2) is 27.0 Å². The number of aromatic nitrogens is 4. The summed E-state index contributed by atoms with van der Waals surface area (Å²) in [6.07, 6.45) is 4.29. The average molecular weight is 279 g/mol. The fourth-order valence-corrected chi connectivity index (χ4v) is 2.46. The minimum Gasteiger partial charge on any atom is -0.373 e. The summed E-state index contributed by atoms with van der Waals surface area (Å²) in [6.45, 7) is 4.13. The minimum atomic E-state index is 0.710. The maximum atomic E-state index is 4.63. The van der Waals surface area contributed by atoms with Crippen molar-refractivity contribution in [2.75, 3.05) is 12.4 Å². The largest absolute Gasteiger partial charge is 0.373 e. The molecule has 0 saturated carbocycles. The summed E-state index contributed by atoms with van der Waals surface area (Å²) in [5, 5.41) is 3.16. The lowest BCUT2D eigenvalue weighted by atomic mass is 10.1. The molecule has 0 aliphatic rings. The van der Waals surface area contributed by atoms with E-state index >= 15 is 0 Å². The highest BCUT2D eigenvalue weighted by molar-refractivity contribution is 5.79. The summed E-state index contributed by atoms with van der Waals surface area (Å²) in [5.41, 5.74) is 4.83. The molecule has 3 rings (SSSR count). The Morgan fingerprint density at radius 1 is 1.05 bits per heavy atom. The number of nitrogens with zero attached hydrogens (tertiary/aromatic N) is 4. The molecule has 0 fully saturated rings. The lowest BCUT2D eigenvalue weighted by Gasteiger charge is -2.11. The van der Waals surface area contributed by atoms with Gasteiger partial charge in [0.25, 0.3) is 0 Å². The van der Waals surface area contributed by atoms with Crippen molar-refractivity contribution >= 4 is 16.9 Å². The SMILES string of the molecule is CCc1c(C)nc(-c2ccc3nccnc3c2)nc1NC. The molecule has 0 bridgehead atoms. The number of anilines is 1. The number of benzene rings is 1. The Balaban J connectivity index is 2.15. The van der Waals surface area contributed by atoms with Crippen LogP contribution in [0.5, 0.6) is 0 Å². The highest BCUT2D eigenvalue weighted by Crippen LogP contribution is 2.24. The van der Waals surface area contributed by atoms with E-state index in [1.165, 1.54) is 0 Å². The highest BCUT2D eigenvalue weighted by Gasteiger charge is 2.11. The minimum absolute atomic E-state index is 0.710. The second-order valence-electron chi connectivity index (χ2n) is 4.82.